The first kappa shape index (κ1) is 10.5. The highest BCUT2D eigenvalue weighted by molar-refractivity contribution is 5.35. The lowest BCUT2D eigenvalue weighted by molar-refractivity contribution is 0.124. The Hall–Kier alpha value is -1.61. The molecule has 1 aromatic heterocycles. The van der Waals surface area contributed by atoms with E-state index >= 15 is 0 Å². The Balaban J connectivity index is 1.97. The molecule has 1 heterocycles. The summed E-state index contributed by atoms with van der Waals surface area (Å²) in [6.07, 6.45) is 3.36. The summed E-state index contributed by atoms with van der Waals surface area (Å²) in [6.45, 7) is 0. The molecule has 0 radical (unpaired) electrons. The van der Waals surface area contributed by atoms with Crippen LogP contribution in [0.25, 0.3) is 0 Å². The fourth-order valence-corrected chi connectivity index (χ4v) is 2.56. The number of benzene rings is 1. The predicted octanol–water partition coefficient (Wildman–Crippen LogP) is 2.19. The monoisotopic (exact) mass is 228 g/mol. The quantitative estimate of drug-likeness (QED) is 0.874. The molecule has 0 saturated heterocycles. The summed E-state index contributed by atoms with van der Waals surface area (Å²) < 4.78 is 1.76. The van der Waals surface area contributed by atoms with Crippen LogP contribution in [0, 0.1) is 0 Å². The number of aliphatic hydroxyl groups is 1. The molecule has 2 aromatic rings. The molecular weight excluding hydrogens is 212 g/mol. The van der Waals surface area contributed by atoms with Crippen molar-refractivity contribution in [2.24, 2.45) is 7.05 Å². The van der Waals surface area contributed by atoms with Crippen molar-refractivity contribution in [3.05, 3.63) is 53.9 Å². The van der Waals surface area contributed by atoms with E-state index in [1.54, 1.807) is 10.9 Å². The van der Waals surface area contributed by atoms with Crippen LogP contribution in [0.1, 0.15) is 30.2 Å². The third-order valence-electron chi connectivity index (χ3n) is 3.80. The molecule has 1 fully saturated rings. The first-order chi connectivity index (χ1) is 8.24. The van der Waals surface area contributed by atoms with Crippen molar-refractivity contribution in [1.82, 2.24) is 9.78 Å². The van der Waals surface area contributed by atoms with Crippen molar-refractivity contribution in [2.75, 3.05) is 0 Å². The van der Waals surface area contributed by atoms with Gasteiger partial charge in [-0.25, -0.2) is 0 Å². The number of aliphatic hydroxyl groups excluding tert-OH is 1. The van der Waals surface area contributed by atoms with Gasteiger partial charge in [-0.05, 0) is 24.5 Å². The minimum absolute atomic E-state index is 0.0882. The molecule has 3 nitrogen and oxygen atoms in total. The average Bonchev–Trinajstić information content (AvgIpc) is 3.07. The van der Waals surface area contributed by atoms with E-state index in [0.717, 1.165) is 18.5 Å². The van der Waals surface area contributed by atoms with Crippen LogP contribution in [0.3, 0.4) is 0 Å². The second-order valence-electron chi connectivity index (χ2n) is 4.80. The van der Waals surface area contributed by atoms with E-state index in [2.05, 4.69) is 17.2 Å². The van der Waals surface area contributed by atoms with Crippen LogP contribution in [-0.2, 0) is 12.5 Å². The Bertz CT molecular complexity index is 514. The van der Waals surface area contributed by atoms with Crippen molar-refractivity contribution in [3.63, 3.8) is 0 Å². The van der Waals surface area contributed by atoms with Gasteiger partial charge < -0.3 is 5.11 Å². The number of nitrogens with zero attached hydrogens (tertiary/aromatic N) is 2. The number of aromatic nitrogens is 2. The summed E-state index contributed by atoms with van der Waals surface area (Å²) in [5.41, 5.74) is 2.04. The molecule has 1 saturated carbocycles. The topological polar surface area (TPSA) is 38.0 Å². The first-order valence-corrected chi connectivity index (χ1v) is 5.95. The summed E-state index contributed by atoms with van der Waals surface area (Å²) in [5.74, 6) is 0. The van der Waals surface area contributed by atoms with E-state index < -0.39 is 6.10 Å². The molecule has 1 aliphatic carbocycles. The predicted molar refractivity (Wildman–Crippen MR) is 65.5 cm³/mol. The molecule has 3 rings (SSSR count). The molecule has 0 bridgehead atoms. The maximum absolute atomic E-state index is 10.6. The van der Waals surface area contributed by atoms with Gasteiger partial charge in [0.25, 0.3) is 0 Å². The standard InChI is InChI=1S/C14H16N2O/c1-16-12(7-10-15-16)13(17)14(8-9-14)11-5-3-2-4-6-11/h2-7,10,13,17H,8-9H2,1H3. The molecule has 1 aliphatic rings. The highest BCUT2D eigenvalue weighted by Gasteiger charge is 2.51. The highest BCUT2D eigenvalue weighted by atomic mass is 16.3. The number of hydrogen-bond acceptors (Lipinski definition) is 2. The van der Waals surface area contributed by atoms with Gasteiger partial charge in [-0.2, -0.15) is 5.10 Å². The highest BCUT2D eigenvalue weighted by Crippen LogP contribution is 2.56. The number of hydrogen-bond donors (Lipinski definition) is 1. The second-order valence-corrected chi connectivity index (χ2v) is 4.80. The van der Waals surface area contributed by atoms with E-state index in [0.29, 0.717) is 0 Å². The summed E-state index contributed by atoms with van der Waals surface area (Å²) in [5, 5.41) is 14.7. The maximum atomic E-state index is 10.6. The Morgan fingerprint density at radius 2 is 1.94 bits per heavy atom. The van der Waals surface area contributed by atoms with Crippen molar-refractivity contribution in [2.45, 2.75) is 24.4 Å². The van der Waals surface area contributed by atoms with Gasteiger partial charge in [-0.15, -0.1) is 0 Å². The fourth-order valence-electron chi connectivity index (χ4n) is 2.56. The SMILES string of the molecule is Cn1nccc1C(O)C1(c2ccccc2)CC1. The zero-order chi connectivity index (χ0) is 11.9. The minimum Gasteiger partial charge on any atom is -0.386 e. The van der Waals surface area contributed by atoms with Gasteiger partial charge in [0, 0.05) is 18.7 Å². The van der Waals surface area contributed by atoms with Crippen molar-refractivity contribution >= 4 is 0 Å². The van der Waals surface area contributed by atoms with Gasteiger partial charge in [0.1, 0.15) is 6.10 Å². The van der Waals surface area contributed by atoms with E-state index in [9.17, 15) is 5.11 Å². The Morgan fingerprint density at radius 3 is 2.47 bits per heavy atom. The lowest BCUT2D eigenvalue weighted by atomic mass is 9.88. The van der Waals surface area contributed by atoms with Crippen molar-refractivity contribution < 1.29 is 5.11 Å². The summed E-state index contributed by atoms with van der Waals surface area (Å²) >= 11 is 0. The smallest absolute Gasteiger partial charge is 0.105 e. The summed E-state index contributed by atoms with van der Waals surface area (Å²) in [4.78, 5) is 0. The van der Waals surface area contributed by atoms with E-state index in [1.807, 2.05) is 31.3 Å². The fraction of sp³-hybridized carbons (Fsp3) is 0.357. The number of rotatable bonds is 3. The molecule has 3 heteroatoms. The van der Waals surface area contributed by atoms with E-state index in [4.69, 9.17) is 0 Å². The molecule has 0 aliphatic heterocycles. The Labute approximate surface area is 101 Å². The first-order valence-electron chi connectivity index (χ1n) is 5.95. The molecular formula is C14H16N2O. The van der Waals surface area contributed by atoms with Gasteiger partial charge in [-0.3, -0.25) is 4.68 Å². The van der Waals surface area contributed by atoms with Gasteiger partial charge >= 0.3 is 0 Å². The van der Waals surface area contributed by atoms with Crippen LogP contribution in [-0.4, -0.2) is 14.9 Å². The molecule has 88 valence electrons. The molecule has 1 aromatic carbocycles. The largest absolute Gasteiger partial charge is 0.386 e. The molecule has 1 unspecified atom stereocenters. The van der Waals surface area contributed by atoms with Gasteiger partial charge in [-0.1, -0.05) is 30.3 Å². The Morgan fingerprint density at radius 1 is 1.24 bits per heavy atom. The van der Waals surface area contributed by atoms with Gasteiger partial charge in [0.15, 0.2) is 0 Å². The molecule has 1 N–H and O–H groups in total. The lowest BCUT2D eigenvalue weighted by Gasteiger charge is -2.22. The van der Waals surface area contributed by atoms with E-state index in [1.165, 1.54) is 5.56 Å². The van der Waals surface area contributed by atoms with Crippen molar-refractivity contribution in [3.8, 4) is 0 Å². The zero-order valence-electron chi connectivity index (χ0n) is 9.87. The van der Waals surface area contributed by atoms with Crippen LogP contribution in [0.2, 0.25) is 0 Å². The van der Waals surface area contributed by atoms with Gasteiger partial charge in [0.2, 0.25) is 0 Å². The molecule has 0 spiro atoms. The molecule has 0 amide bonds. The number of aryl methyl sites for hydroxylation is 1. The van der Waals surface area contributed by atoms with Crippen molar-refractivity contribution in [1.29, 1.82) is 0 Å². The minimum atomic E-state index is -0.461. The zero-order valence-corrected chi connectivity index (χ0v) is 9.87. The average molecular weight is 228 g/mol. The maximum Gasteiger partial charge on any atom is 0.105 e. The van der Waals surface area contributed by atoms with Crippen LogP contribution in [0.4, 0.5) is 0 Å². The summed E-state index contributed by atoms with van der Waals surface area (Å²) in [7, 11) is 1.87. The second kappa shape index (κ2) is 3.70. The van der Waals surface area contributed by atoms with Crippen LogP contribution in [0.5, 0.6) is 0 Å². The van der Waals surface area contributed by atoms with Crippen LogP contribution in [0.15, 0.2) is 42.6 Å². The third-order valence-corrected chi connectivity index (χ3v) is 3.80. The third kappa shape index (κ3) is 1.58. The van der Waals surface area contributed by atoms with Crippen LogP contribution < -0.4 is 0 Å². The molecule has 1 atom stereocenters. The molecule has 17 heavy (non-hydrogen) atoms. The summed E-state index contributed by atoms with van der Waals surface area (Å²) in [6, 6.07) is 12.2. The lowest BCUT2D eigenvalue weighted by Crippen LogP contribution is -2.20. The normalized spacial score (nSPS) is 18.9. The van der Waals surface area contributed by atoms with E-state index in [-0.39, 0.29) is 5.41 Å². The Kier molecular flexibility index (Phi) is 2.30. The van der Waals surface area contributed by atoms with Gasteiger partial charge in [0.05, 0.1) is 5.69 Å². The van der Waals surface area contributed by atoms with Crippen LogP contribution >= 0.6 is 0 Å².